The standard InChI is InChI=1S/C16H24N2O/c1-3-16(8-10-17-11-9-16)15(19)18-12-14-6-4-13(2)5-7-14/h4-7,17H,3,8-12H2,1-2H3,(H,18,19). The summed E-state index contributed by atoms with van der Waals surface area (Å²) in [6, 6.07) is 8.33. The maximum Gasteiger partial charge on any atom is 0.226 e. The summed E-state index contributed by atoms with van der Waals surface area (Å²) in [4.78, 5) is 12.5. The van der Waals surface area contributed by atoms with E-state index in [2.05, 4.69) is 48.7 Å². The average molecular weight is 260 g/mol. The van der Waals surface area contributed by atoms with E-state index >= 15 is 0 Å². The molecule has 0 radical (unpaired) electrons. The normalized spacial score (nSPS) is 18.0. The number of rotatable bonds is 4. The maximum absolute atomic E-state index is 12.5. The van der Waals surface area contributed by atoms with Gasteiger partial charge in [-0.25, -0.2) is 0 Å². The molecule has 1 aromatic rings. The number of benzene rings is 1. The van der Waals surface area contributed by atoms with Gasteiger partial charge in [-0.05, 0) is 44.8 Å². The summed E-state index contributed by atoms with van der Waals surface area (Å²) in [6.45, 7) is 6.73. The number of hydrogen-bond donors (Lipinski definition) is 2. The Morgan fingerprint density at radius 2 is 1.89 bits per heavy atom. The molecule has 3 nitrogen and oxygen atoms in total. The second-order valence-corrected chi connectivity index (χ2v) is 5.55. The van der Waals surface area contributed by atoms with Crippen LogP contribution in [0.2, 0.25) is 0 Å². The molecular weight excluding hydrogens is 236 g/mol. The number of carbonyl (C=O) groups is 1. The fourth-order valence-corrected chi connectivity index (χ4v) is 2.72. The Morgan fingerprint density at radius 1 is 1.26 bits per heavy atom. The van der Waals surface area contributed by atoms with Crippen LogP contribution < -0.4 is 10.6 Å². The third-order valence-electron chi connectivity index (χ3n) is 4.29. The van der Waals surface area contributed by atoms with E-state index in [9.17, 15) is 4.79 Å². The Kier molecular flexibility index (Phi) is 4.59. The lowest BCUT2D eigenvalue weighted by atomic mass is 9.76. The molecule has 104 valence electrons. The minimum absolute atomic E-state index is 0.157. The van der Waals surface area contributed by atoms with E-state index in [0.717, 1.165) is 32.4 Å². The highest BCUT2D eigenvalue weighted by atomic mass is 16.2. The smallest absolute Gasteiger partial charge is 0.226 e. The molecule has 1 saturated heterocycles. The van der Waals surface area contributed by atoms with Crippen LogP contribution in [0, 0.1) is 12.3 Å². The number of hydrogen-bond acceptors (Lipinski definition) is 2. The first-order valence-corrected chi connectivity index (χ1v) is 7.21. The van der Waals surface area contributed by atoms with Gasteiger partial charge in [0.15, 0.2) is 0 Å². The van der Waals surface area contributed by atoms with Gasteiger partial charge in [0.25, 0.3) is 0 Å². The first-order valence-electron chi connectivity index (χ1n) is 7.21. The van der Waals surface area contributed by atoms with E-state index < -0.39 is 0 Å². The van der Waals surface area contributed by atoms with Crippen LogP contribution in [0.4, 0.5) is 0 Å². The third-order valence-corrected chi connectivity index (χ3v) is 4.29. The Labute approximate surface area is 115 Å². The lowest BCUT2D eigenvalue weighted by molar-refractivity contribution is -0.133. The molecule has 1 aliphatic rings. The van der Waals surface area contributed by atoms with Crippen LogP contribution in [-0.2, 0) is 11.3 Å². The number of carbonyl (C=O) groups excluding carboxylic acids is 1. The van der Waals surface area contributed by atoms with Crippen LogP contribution in [0.25, 0.3) is 0 Å². The minimum Gasteiger partial charge on any atom is -0.352 e. The van der Waals surface area contributed by atoms with Crippen molar-refractivity contribution in [1.82, 2.24) is 10.6 Å². The van der Waals surface area contributed by atoms with Gasteiger partial charge in [-0.15, -0.1) is 0 Å². The molecule has 0 aromatic heterocycles. The molecule has 0 aliphatic carbocycles. The molecule has 0 bridgehead atoms. The summed E-state index contributed by atoms with van der Waals surface area (Å²) in [6.07, 6.45) is 2.82. The number of nitrogens with one attached hydrogen (secondary N) is 2. The van der Waals surface area contributed by atoms with Gasteiger partial charge in [0.05, 0.1) is 5.41 Å². The summed E-state index contributed by atoms with van der Waals surface area (Å²) in [5.41, 5.74) is 2.26. The zero-order valence-corrected chi connectivity index (χ0v) is 12.0. The zero-order valence-electron chi connectivity index (χ0n) is 12.0. The molecule has 2 N–H and O–H groups in total. The molecule has 1 heterocycles. The first kappa shape index (κ1) is 14.1. The molecular formula is C16H24N2O. The van der Waals surface area contributed by atoms with Gasteiger partial charge >= 0.3 is 0 Å². The lowest BCUT2D eigenvalue weighted by Gasteiger charge is -2.35. The van der Waals surface area contributed by atoms with Gasteiger partial charge in [-0.2, -0.15) is 0 Å². The Balaban J connectivity index is 1.94. The minimum atomic E-state index is -0.157. The highest BCUT2D eigenvalue weighted by Gasteiger charge is 2.37. The van der Waals surface area contributed by atoms with Crippen molar-refractivity contribution >= 4 is 5.91 Å². The maximum atomic E-state index is 12.5. The van der Waals surface area contributed by atoms with Crippen molar-refractivity contribution in [2.24, 2.45) is 5.41 Å². The molecule has 3 heteroatoms. The number of piperidine rings is 1. The number of aryl methyl sites for hydroxylation is 1. The van der Waals surface area contributed by atoms with Crippen molar-refractivity contribution in [1.29, 1.82) is 0 Å². The Hall–Kier alpha value is -1.35. The van der Waals surface area contributed by atoms with E-state index in [1.54, 1.807) is 0 Å². The first-order chi connectivity index (χ1) is 9.16. The van der Waals surface area contributed by atoms with Crippen molar-refractivity contribution < 1.29 is 4.79 Å². The van der Waals surface area contributed by atoms with Gasteiger partial charge in [-0.3, -0.25) is 4.79 Å². The fourth-order valence-electron chi connectivity index (χ4n) is 2.72. The highest BCUT2D eigenvalue weighted by Crippen LogP contribution is 2.32. The molecule has 19 heavy (non-hydrogen) atoms. The largest absolute Gasteiger partial charge is 0.352 e. The van der Waals surface area contributed by atoms with E-state index in [-0.39, 0.29) is 11.3 Å². The number of amides is 1. The topological polar surface area (TPSA) is 41.1 Å². The second-order valence-electron chi connectivity index (χ2n) is 5.55. The second kappa shape index (κ2) is 6.20. The van der Waals surface area contributed by atoms with Gasteiger partial charge in [0.1, 0.15) is 0 Å². The average Bonchev–Trinajstić information content (AvgIpc) is 2.47. The predicted octanol–water partition coefficient (Wildman–Crippen LogP) is 2.39. The molecule has 2 rings (SSSR count). The third kappa shape index (κ3) is 3.35. The van der Waals surface area contributed by atoms with E-state index in [4.69, 9.17) is 0 Å². The van der Waals surface area contributed by atoms with Gasteiger partial charge in [0, 0.05) is 6.54 Å². The molecule has 0 saturated carbocycles. The highest BCUT2D eigenvalue weighted by molar-refractivity contribution is 5.82. The van der Waals surface area contributed by atoms with Gasteiger partial charge in [-0.1, -0.05) is 36.8 Å². The van der Waals surface area contributed by atoms with Crippen molar-refractivity contribution in [3.8, 4) is 0 Å². The predicted molar refractivity (Wildman–Crippen MR) is 77.9 cm³/mol. The summed E-state index contributed by atoms with van der Waals surface area (Å²) >= 11 is 0. The summed E-state index contributed by atoms with van der Waals surface area (Å²) in [5, 5.41) is 6.44. The summed E-state index contributed by atoms with van der Waals surface area (Å²) in [7, 11) is 0. The van der Waals surface area contributed by atoms with Crippen LogP contribution in [0.1, 0.15) is 37.3 Å². The van der Waals surface area contributed by atoms with Crippen LogP contribution >= 0.6 is 0 Å². The summed E-state index contributed by atoms with van der Waals surface area (Å²) in [5.74, 6) is 0.220. The van der Waals surface area contributed by atoms with Crippen LogP contribution in [-0.4, -0.2) is 19.0 Å². The molecule has 1 amide bonds. The van der Waals surface area contributed by atoms with E-state index in [0.29, 0.717) is 6.54 Å². The van der Waals surface area contributed by atoms with Gasteiger partial charge in [0.2, 0.25) is 5.91 Å². The molecule has 0 spiro atoms. The van der Waals surface area contributed by atoms with Crippen LogP contribution in [0.5, 0.6) is 0 Å². The van der Waals surface area contributed by atoms with Crippen molar-refractivity contribution in [3.63, 3.8) is 0 Å². The molecule has 1 aromatic carbocycles. The van der Waals surface area contributed by atoms with Crippen LogP contribution in [0.3, 0.4) is 0 Å². The lowest BCUT2D eigenvalue weighted by Crippen LogP contribution is -2.47. The SMILES string of the molecule is CCC1(C(=O)NCc2ccc(C)cc2)CCNCC1. The monoisotopic (exact) mass is 260 g/mol. The van der Waals surface area contributed by atoms with Crippen molar-refractivity contribution in [2.75, 3.05) is 13.1 Å². The molecule has 1 fully saturated rings. The molecule has 0 atom stereocenters. The molecule has 0 unspecified atom stereocenters. The summed E-state index contributed by atoms with van der Waals surface area (Å²) < 4.78 is 0. The van der Waals surface area contributed by atoms with Crippen LogP contribution in [0.15, 0.2) is 24.3 Å². The molecule has 1 aliphatic heterocycles. The van der Waals surface area contributed by atoms with Crippen molar-refractivity contribution in [2.45, 2.75) is 39.7 Å². The van der Waals surface area contributed by atoms with Gasteiger partial charge < -0.3 is 10.6 Å². The fraction of sp³-hybridized carbons (Fsp3) is 0.562. The Bertz CT molecular complexity index is 419. The van der Waals surface area contributed by atoms with Crippen molar-refractivity contribution in [3.05, 3.63) is 35.4 Å². The van der Waals surface area contributed by atoms with E-state index in [1.165, 1.54) is 11.1 Å². The Morgan fingerprint density at radius 3 is 2.47 bits per heavy atom. The van der Waals surface area contributed by atoms with E-state index in [1.807, 2.05) is 0 Å². The zero-order chi connectivity index (χ0) is 13.7. The quantitative estimate of drug-likeness (QED) is 0.873.